The van der Waals surface area contributed by atoms with E-state index in [9.17, 15) is 36.0 Å². The number of alkyl halides is 3. The molecule has 0 unspecified atom stereocenters. The molecule has 0 radical (unpaired) electrons. The number of sulfonamides is 1. The number of nitrogens with one attached hydrogen (secondary N) is 3. The molecule has 7 rings (SSSR count). The number of ether oxygens (including phenoxy) is 4. The van der Waals surface area contributed by atoms with E-state index in [0.717, 1.165) is 4.90 Å². The fourth-order valence-corrected chi connectivity index (χ4v) is 10.1. The summed E-state index contributed by atoms with van der Waals surface area (Å²) in [6.45, 7) is 9.71. The van der Waals surface area contributed by atoms with Crippen LogP contribution in [-0.2, 0) is 29.1 Å². The van der Waals surface area contributed by atoms with Crippen molar-refractivity contribution in [1.82, 2.24) is 25.2 Å². The highest BCUT2D eigenvalue weighted by Gasteiger charge is 2.63. The van der Waals surface area contributed by atoms with Crippen molar-refractivity contribution in [1.29, 1.82) is 0 Å². The van der Waals surface area contributed by atoms with Gasteiger partial charge >= 0.3 is 12.3 Å². The first-order chi connectivity index (χ1) is 31.8. The molecule has 4 aliphatic rings. The number of halogens is 4. The Morgan fingerprint density at radius 3 is 2.38 bits per heavy atom. The number of carbonyl (C=O) groups excluding carboxylic acids is 4. The lowest BCUT2D eigenvalue weighted by atomic mass is 9.88. The topological polar surface area (TPSA) is 192 Å². The number of carbonyl (C=O) groups is 4. The fourth-order valence-electron chi connectivity index (χ4n) is 8.78. The van der Waals surface area contributed by atoms with Crippen LogP contribution in [0.5, 0.6) is 17.2 Å². The molecule has 3 heterocycles. The Labute approximate surface area is 393 Å². The van der Waals surface area contributed by atoms with Gasteiger partial charge < -0.3 is 34.5 Å². The van der Waals surface area contributed by atoms with E-state index in [1.807, 2.05) is 13.0 Å². The minimum Gasteiger partial charge on any atom is -0.497 e. The molecule has 4 amide bonds. The highest BCUT2D eigenvalue weighted by Crippen LogP contribution is 2.48. The van der Waals surface area contributed by atoms with Gasteiger partial charge in [-0.3, -0.25) is 19.1 Å². The Bertz CT molecular complexity index is 2600. The molecule has 2 saturated carbocycles. The minimum absolute atomic E-state index is 0.0420. The molecular weight excluding hydrogens is 915 g/mol. The zero-order valence-corrected chi connectivity index (χ0v) is 40.1. The second-order valence-corrected chi connectivity index (χ2v) is 21.9. The number of aromatic nitrogens is 1. The molecular formula is C48H59F4N5O10S. The largest absolute Gasteiger partial charge is 0.497 e. The predicted octanol–water partition coefficient (Wildman–Crippen LogP) is 7.51. The molecule has 3 aromatic rings. The molecule has 15 nitrogen and oxygen atoms in total. The molecule has 68 heavy (non-hydrogen) atoms. The number of rotatable bonds is 11. The summed E-state index contributed by atoms with van der Waals surface area (Å²) in [6, 6.07) is 8.08. The van der Waals surface area contributed by atoms with Gasteiger partial charge in [-0.05, 0) is 115 Å². The van der Waals surface area contributed by atoms with Gasteiger partial charge in [-0.1, -0.05) is 26.0 Å². The first kappa shape index (κ1) is 50.2. The number of allylic oxidation sites excluding steroid dienone is 1. The second kappa shape index (κ2) is 18.7. The minimum atomic E-state index is -4.95. The maximum Gasteiger partial charge on any atom is 0.427 e. The molecule has 370 valence electrons. The number of hydrogen-bond acceptors (Lipinski definition) is 11. The molecule has 2 aliphatic carbocycles. The van der Waals surface area contributed by atoms with Crippen LogP contribution in [0.3, 0.4) is 0 Å². The van der Waals surface area contributed by atoms with Crippen LogP contribution in [0, 0.1) is 23.6 Å². The lowest BCUT2D eigenvalue weighted by Gasteiger charge is -2.34. The highest BCUT2D eigenvalue weighted by atomic mass is 32.2. The Morgan fingerprint density at radius 1 is 1.01 bits per heavy atom. The number of amides is 4. The number of alkyl carbamates (subject to hydrolysis) is 1. The smallest absolute Gasteiger partial charge is 0.427 e. The van der Waals surface area contributed by atoms with Crippen molar-refractivity contribution in [3.8, 4) is 28.5 Å². The first-order valence-corrected chi connectivity index (χ1v) is 24.3. The standard InChI is InChI=1S/C48H59F4N5O10S/c1-26(2)65-38-16-13-29(20-34(38)49)35-23-39(33-15-14-31(64-8)21-36(33)53-35)66-32-22-37-41(58)55-47(43(60)56-68(62,63)46(7)17-18-46)24-30(47)12-10-9-11-27(3)19-28(4)40(42(59)57(37)25-32)54-44(61)67-45(5,6)48(50,51)52/h10,12-16,20-21,23,26-28,30,32,37,40H,9,11,17-19,22,24-25H2,1-8H3,(H,54,61)(H,55,58)(H,56,60)/b12-10-/t27-,28-,30-,32-,37+,40+,47-/m1/s1. The van der Waals surface area contributed by atoms with Crippen LogP contribution in [0.1, 0.15) is 93.4 Å². The summed E-state index contributed by atoms with van der Waals surface area (Å²) in [4.78, 5) is 63.2. The van der Waals surface area contributed by atoms with Gasteiger partial charge in [0.05, 0.1) is 35.7 Å². The average molecular weight is 974 g/mol. The molecule has 7 atom stereocenters. The molecule has 20 heteroatoms. The van der Waals surface area contributed by atoms with E-state index in [1.165, 1.54) is 26.2 Å². The normalized spacial score (nSPS) is 26.9. The van der Waals surface area contributed by atoms with Gasteiger partial charge in [-0.15, -0.1) is 0 Å². The van der Waals surface area contributed by atoms with Gasteiger partial charge in [0.15, 0.2) is 11.6 Å². The van der Waals surface area contributed by atoms with Crippen molar-refractivity contribution in [2.75, 3.05) is 13.7 Å². The van der Waals surface area contributed by atoms with E-state index in [1.54, 1.807) is 57.2 Å². The Morgan fingerprint density at radius 2 is 1.74 bits per heavy atom. The molecule has 1 saturated heterocycles. The zero-order chi connectivity index (χ0) is 49.7. The third-order valence-corrected chi connectivity index (χ3v) is 15.6. The molecule has 2 aliphatic heterocycles. The van der Waals surface area contributed by atoms with Gasteiger partial charge in [0, 0.05) is 35.4 Å². The Kier molecular flexibility index (Phi) is 13.8. The van der Waals surface area contributed by atoms with Crippen molar-refractivity contribution in [2.45, 2.75) is 140 Å². The van der Waals surface area contributed by atoms with Crippen LogP contribution in [-0.4, -0.2) is 102 Å². The number of nitrogens with zero attached hydrogens (tertiary/aromatic N) is 2. The highest BCUT2D eigenvalue weighted by molar-refractivity contribution is 7.91. The van der Waals surface area contributed by atoms with Crippen LogP contribution in [0.25, 0.3) is 22.2 Å². The van der Waals surface area contributed by atoms with Gasteiger partial charge in [0.2, 0.25) is 27.4 Å². The molecule has 3 N–H and O–H groups in total. The summed E-state index contributed by atoms with van der Waals surface area (Å²) in [5.41, 5.74) is -3.58. The Hall–Kier alpha value is -5.66. The quantitative estimate of drug-likeness (QED) is 0.127. The predicted molar refractivity (Wildman–Crippen MR) is 243 cm³/mol. The maximum absolute atomic E-state index is 15.4. The number of fused-ring (bicyclic) bond motifs is 3. The molecule has 0 bridgehead atoms. The van der Waals surface area contributed by atoms with E-state index < -0.39 is 91.7 Å². The summed E-state index contributed by atoms with van der Waals surface area (Å²) in [5.74, 6) is -3.86. The number of pyridine rings is 1. The summed E-state index contributed by atoms with van der Waals surface area (Å²) < 4.78 is 107. The summed E-state index contributed by atoms with van der Waals surface area (Å²) in [6.07, 6.45) is -2.13. The fraction of sp³-hybridized carbons (Fsp3) is 0.562. The van der Waals surface area contributed by atoms with E-state index in [4.69, 9.17) is 23.9 Å². The van der Waals surface area contributed by atoms with Gasteiger partial charge in [-0.2, -0.15) is 13.2 Å². The van der Waals surface area contributed by atoms with Crippen LogP contribution in [0.15, 0.2) is 54.6 Å². The maximum atomic E-state index is 15.4. The second-order valence-electron chi connectivity index (χ2n) is 19.7. The van der Waals surface area contributed by atoms with Crippen LogP contribution in [0.2, 0.25) is 0 Å². The van der Waals surface area contributed by atoms with Crippen LogP contribution in [0.4, 0.5) is 22.4 Å². The van der Waals surface area contributed by atoms with Gasteiger partial charge in [-0.25, -0.2) is 22.6 Å². The number of hydrogen-bond donors (Lipinski definition) is 3. The third kappa shape index (κ3) is 10.5. The average Bonchev–Trinajstić information content (AvgIpc) is 4.13. The van der Waals surface area contributed by atoms with Gasteiger partial charge in [0.25, 0.3) is 5.91 Å². The van der Waals surface area contributed by atoms with E-state index >= 15 is 9.18 Å². The van der Waals surface area contributed by atoms with E-state index in [2.05, 4.69) is 15.4 Å². The molecule has 2 aromatic carbocycles. The third-order valence-electron chi connectivity index (χ3n) is 13.4. The monoisotopic (exact) mass is 973 g/mol. The van der Waals surface area contributed by atoms with Crippen molar-refractivity contribution in [3.05, 3.63) is 60.4 Å². The zero-order valence-electron chi connectivity index (χ0n) is 39.3. The molecule has 0 spiro atoms. The van der Waals surface area contributed by atoms with E-state index in [-0.39, 0.29) is 42.9 Å². The van der Waals surface area contributed by atoms with Crippen LogP contribution >= 0.6 is 0 Å². The van der Waals surface area contributed by atoms with Crippen molar-refractivity contribution in [3.63, 3.8) is 0 Å². The summed E-state index contributed by atoms with van der Waals surface area (Å²) >= 11 is 0. The van der Waals surface area contributed by atoms with Gasteiger partial charge in [0.1, 0.15) is 35.2 Å². The lowest BCUT2D eigenvalue weighted by molar-refractivity contribution is -0.244. The number of methoxy groups -OCH3 is 1. The lowest BCUT2D eigenvalue weighted by Crippen LogP contribution is -2.59. The summed E-state index contributed by atoms with van der Waals surface area (Å²) in [7, 11) is -2.65. The van der Waals surface area contributed by atoms with Crippen LogP contribution < -0.4 is 29.6 Å². The summed E-state index contributed by atoms with van der Waals surface area (Å²) in [5, 5.41) is 5.68. The molecule has 3 fully saturated rings. The SMILES string of the molecule is COc1ccc2c(O[C@@H]3C[C@H]4C(=O)N[C@]5(C(=O)NS(=O)(=O)C6(C)CC6)C[C@H]5/C=C\CC[C@@H](C)C[C@@H](C)[C@H](NC(=O)OC(C)(C)C(F)(F)F)C(=O)N4C3)cc(-c3ccc(OC(C)C)c(F)c3)nc2c1. The number of benzene rings is 2. The van der Waals surface area contributed by atoms with Crippen molar-refractivity contribution < 1.29 is 64.1 Å². The first-order valence-electron chi connectivity index (χ1n) is 22.8. The molecule has 1 aromatic heterocycles. The van der Waals surface area contributed by atoms with Crippen molar-refractivity contribution in [2.24, 2.45) is 17.8 Å². The van der Waals surface area contributed by atoms with Crippen molar-refractivity contribution >= 4 is 44.7 Å². The van der Waals surface area contributed by atoms with E-state index in [0.29, 0.717) is 73.9 Å². The Balaban J connectivity index is 1.27.